The first-order chi connectivity index (χ1) is 20.7. The second-order valence-corrected chi connectivity index (χ2v) is 12.1. The van der Waals surface area contributed by atoms with E-state index in [0.29, 0.717) is 63.0 Å². The Morgan fingerprint density at radius 3 is 2.12 bits per heavy atom. The molecular formula is C28H30ClN7O5S2. The van der Waals surface area contributed by atoms with Crippen molar-refractivity contribution in [3.05, 3.63) is 73.6 Å². The van der Waals surface area contributed by atoms with Gasteiger partial charge in [-0.05, 0) is 29.6 Å². The van der Waals surface area contributed by atoms with Crippen LogP contribution in [-0.4, -0.2) is 77.1 Å². The van der Waals surface area contributed by atoms with Crippen molar-refractivity contribution < 1.29 is 23.9 Å². The minimum atomic E-state index is -0.402. The SMILES string of the molecule is Cn1cc(NC(=O)c2cc(NC(=O)c3cc(NC(=O)c4sccc4Cl)cs3)cn2C)cc1C(=O)NCCN1CCOCC1. The smallest absolute Gasteiger partial charge is 0.272 e. The highest BCUT2D eigenvalue weighted by Gasteiger charge is 2.19. The normalized spacial score (nSPS) is 13.5. The molecule has 5 rings (SSSR count). The third-order valence-electron chi connectivity index (χ3n) is 6.71. The van der Waals surface area contributed by atoms with E-state index in [-0.39, 0.29) is 17.7 Å². The number of nitrogens with one attached hydrogen (secondary N) is 4. The highest BCUT2D eigenvalue weighted by atomic mass is 35.5. The number of hydrogen-bond acceptors (Lipinski definition) is 8. The van der Waals surface area contributed by atoms with Gasteiger partial charge >= 0.3 is 0 Å². The fraction of sp³-hybridized carbons (Fsp3) is 0.286. The Morgan fingerprint density at radius 1 is 0.837 bits per heavy atom. The lowest BCUT2D eigenvalue weighted by Gasteiger charge is -2.26. The summed E-state index contributed by atoms with van der Waals surface area (Å²) in [5.74, 6) is -1.36. The molecule has 0 atom stereocenters. The van der Waals surface area contributed by atoms with E-state index in [1.807, 2.05) is 0 Å². The Morgan fingerprint density at radius 2 is 1.47 bits per heavy atom. The van der Waals surface area contributed by atoms with Gasteiger partial charge in [-0.1, -0.05) is 11.6 Å². The number of amides is 4. The van der Waals surface area contributed by atoms with E-state index in [1.54, 1.807) is 70.6 Å². The van der Waals surface area contributed by atoms with Crippen molar-refractivity contribution in [3.8, 4) is 0 Å². The largest absolute Gasteiger partial charge is 0.379 e. The van der Waals surface area contributed by atoms with Crippen LogP contribution in [0.4, 0.5) is 17.1 Å². The first kappa shape index (κ1) is 30.5. The van der Waals surface area contributed by atoms with Crippen LogP contribution in [0.2, 0.25) is 5.02 Å². The van der Waals surface area contributed by atoms with Gasteiger partial charge in [0.15, 0.2) is 0 Å². The number of hydrogen-bond donors (Lipinski definition) is 4. The van der Waals surface area contributed by atoms with Gasteiger partial charge in [0.1, 0.15) is 16.3 Å². The lowest BCUT2D eigenvalue weighted by Crippen LogP contribution is -2.41. The Hall–Kier alpha value is -3.95. The zero-order valence-corrected chi connectivity index (χ0v) is 25.8. The second-order valence-electron chi connectivity index (χ2n) is 9.82. The lowest BCUT2D eigenvalue weighted by molar-refractivity contribution is 0.0383. The predicted molar refractivity (Wildman–Crippen MR) is 168 cm³/mol. The number of thiophene rings is 2. The van der Waals surface area contributed by atoms with Gasteiger partial charge in [0.25, 0.3) is 23.6 Å². The molecule has 0 aliphatic carbocycles. The molecule has 226 valence electrons. The first-order valence-corrected chi connectivity index (χ1v) is 15.5. The van der Waals surface area contributed by atoms with Crippen LogP contribution in [0.15, 0.2) is 47.4 Å². The molecule has 43 heavy (non-hydrogen) atoms. The van der Waals surface area contributed by atoms with E-state index in [9.17, 15) is 19.2 Å². The predicted octanol–water partition coefficient (Wildman–Crippen LogP) is 3.96. The number of aromatic nitrogens is 2. The van der Waals surface area contributed by atoms with Crippen molar-refractivity contribution in [1.29, 1.82) is 0 Å². The summed E-state index contributed by atoms with van der Waals surface area (Å²) in [6.07, 6.45) is 3.29. The fourth-order valence-corrected chi connectivity index (χ4v) is 6.28. The number of aryl methyl sites for hydroxylation is 2. The molecule has 5 heterocycles. The summed E-state index contributed by atoms with van der Waals surface area (Å²) < 4.78 is 8.60. The molecule has 1 fully saturated rings. The Balaban J connectivity index is 1.15. The molecule has 0 saturated carbocycles. The summed E-state index contributed by atoms with van der Waals surface area (Å²) in [7, 11) is 3.43. The number of ether oxygens (including phenoxy) is 1. The summed E-state index contributed by atoms with van der Waals surface area (Å²) in [5, 5.41) is 15.0. The van der Waals surface area contributed by atoms with Gasteiger partial charge in [-0.2, -0.15) is 0 Å². The highest BCUT2D eigenvalue weighted by molar-refractivity contribution is 7.13. The van der Waals surface area contributed by atoms with E-state index in [0.717, 1.165) is 19.6 Å². The Kier molecular flexibility index (Phi) is 9.62. The third-order valence-corrected chi connectivity index (χ3v) is 8.98. The van der Waals surface area contributed by atoms with Gasteiger partial charge in [0, 0.05) is 58.0 Å². The zero-order chi connectivity index (χ0) is 30.5. The number of nitrogens with zero attached hydrogens (tertiary/aromatic N) is 3. The molecule has 0 aromatic carbocycles. The van der Waals surface area contributed by atoms with Gasteiger partial charge in [-0.3, -0.25) is 24.1 Å². The second kappa shape index (κ2) is 13.6. The van der Waals surface area contributed by atoms with E-state index < -0.39 is 5.91 Å². The van der Waals surface area contributed by atoms with E-state index in [2.05, 4.69) is 26.2 Å². The number of morpholine rings is 1. The summed E-state index contributed by atoms with van der Waals surface area (Å²) in [5.41, 5.74) is 2.10. The average Bonchev–Trinajstić information content (AvgIpc) is 3.77. The van der Waals surface area contributed by atoms with Crippen LogP contribution < -0.4 is 21.3 Å². The van der Waals surface area contributed by atoms with E-state index >= 15 is 0 Å². The summed E-state index contributed by atoms with van der Waals surface area (Å²) >= 11 is 8.43. The maximum atomic E-state index is 13.1. The average molecular weight is 644 g/mol. The highest BCUT2D eigenvalue weighted by Crippen LogP contribution is 2.26. The maximum Gasteiger partial charge on any atom is 0.272 e. The van der Waals surface area contributed by atoms with Crippen LogP contribution in [0, 0.1) is 0 Å². The van der Waals surface area contributed by atoms with Crippen molar-refractivity contribution >= 4 is 75.0 Å². The van der Waals surface area contributed by atoms with Crippen LogP contribution >= 0.6 is 34.3 Å². The number of anilines is 3. The van der Waals surface area contributed by atoms with Gasteiger partial charge in [-0.25, -0.2) is 0 Å². The number of carbonyl (C=O) groups excluding carboxylic acids is 4. The molecule has 1 saturated heterocycles. The van der Waals surface area contributed by atoms with Crippen LogP contribution in [0.3, 0.4) is 0 Å². The lowest BCUT2D eigenvalue weighted by atomic mass is 10.3. The molecule has 15 heteroatoms. The van der Waals surface area contributed by atoms with Crippen molar-refractivity contribution in [1.82, 2.24) is 19.4 Å². The molecule has 12 nitrogen and oxygen atoms in total. The molecule has 1 aliphatic heterocycles. The van der Waals surface area contributed by atoms with Gasteiger partial charge in [0.05, 0.1) is 40.2 Å². The molecule has 0 bridgehead atoms. The molecule has 1 aliphatic rings. The Labute approximate surface area is 260 Å². The summed E-state index contributed by atoms with van der Waals surface area (Å²) in [6.45, 7) is 4.35. The monoisotopic (exact) mass is 643 g/mol. The van der Waals surface area contributed by atoms with Crippen molar-refractivity contribution in [2.24, 2.45) is 14.1 Å². The minimum absolute atomic E-state index is 0.230. The minimum Gasteiger partial charge on any atom is -0.379 e. The van der Waals surface area contributed by atoms with Gasteiger partial charge < -0.3 is 35.1 Å². The van der Waals surface area contributed by atoms with Crippen LogP contribution in [0.5, 0.6) is 0 Å². The molecular weight excluding hydrogens is 614 g/mol. The molecule has 4 amide bonds. The summed E-state index contributed by atoms with van der Waals surface area (Å²) in [4.78, 5) is 54.0. The van der Waals surface area contributed by atoms with Crippen molar-refractivity contribution in [2.45, 2.75) is 0 Å². The van der Waals surface area contributed by atoms with Gasteiger partial charge in [-0.15, -0.1) is 22.7 Å². The van der Waals surface area contributed by atoms with Gasteiger partial charge in [0.2, 0.25) is 0 Å². The van der Waals surface area contributed by atoms with Crippen molar-refractivity contribution in [3.63, 3.8) is 0 Å². The Bertz CT molecular complexity index is 1650. The fourth-order valence-electron chi connectivity index (χ4n) is 4.51. The van der Waals surface area contributed by atoms with Crippen LogP contribution in [0.25, 0.3) is 0 Å². The third kappa shape index (κ3) is 7.53. The number of rotatable bonds is 10. The molecule has 0 spiro atoms. The molecule has 4 N–H and O–H groups in total. The summed E-state index contributed by atoms with van der Waals surface area (Å²) in [6, 6.07) is 6.40. The topological polar surface area (TPSA) is 139 Å². The quantitative estimate of drug-likeness (QED) is 0.206. The first-order valence-electron chi connectivity index (χ1n) is 13.3. The maximum absolute atomic E-state index is 13.1. The van der Waals surface area contributed by atoms with Crippen molar-refractivity contribution in [2.75, 3.05) is 55.3 Å². The molecule has 4 aromatic rings. The van der Waals surface area contributed by atoms with Crippen LogP contribution in [0.1, 0.15) is 40.3 Å². The molecule has 0 radical (unpaired) electrons. The number of halogens is 1. The number of carbonyl (C=O) groups is 4. The molecule has 4 aromatic heterocycles. The van der Waals surface area contributed by atoms with Crippen LogP contribution in [-0.2, 0) is 18.8 Å². The molecule has 0 unspecified atom stereocenters. The standard InChI is InChI=1S/C28H30ClN7O5S2/c1-34-14-17(11-21(34)25(37)30-4-5-36-6-8-41-9-7-36)31-26(38)22-12-18(15-35(22)2)32-27(39)23-13-19(16-43-23)33-28(40)24-20(29)3-10-42-24/h3,10-16H,4-9H2,1-2H3,(H,30,37)(H,31,38)(H,32,39)(H,33,40). The zero-order valence-electron chi connectivity index (χ0n) is 23.4. The van der Waals surface area contributed by atoms with E-state index in [1.165, 1.54) is 22.7 Å². The van der Waals surface area contributed by atoms with E-state index in [4.69, 9.17) is 16.3 Å².